The van der Waals surface area contributed by atoms with Gasteiger partial charge in [0.1, 0.15) is 5.82 Å². The lowest BCUT2D eigenvalue weighted by Crippen LogP contribution is -2.31. The van der Waals surface area contributed by atoms with E-state index in [1.54, 1.807) is 50.5 Å². The first-order valence-corrected chi connectivity index (χ1v) is 14.8. The van der Waals surface area contributed by atoms with Gasteiger partial charge in [0.25, 0.3) is 0 Å². The normalized spacial score (nSPS) is 13.2. The minimum Gasteiger partial charge on any atom is -0.389 e. The van der Waals surface area contributed by atoms with Gasteiger partial charge in [-0.25, -0.2) is 18.1 Å². The molecule has 0 aliphatic carbocycles. The van der Waals surface area contributed by atoms with Gasteiger partial charge in [-0.2, -0.15) is 5.10 Å². The number of nitrogens with zero attached hydrogens (tertiary/aromatic N) is 4. The summed E-state index contributed by atoms with van der Waals surface area (Å²) in [4.78, 5) is 9.51. The van der Waals surface area contributed by atoms with E-state index in [9.17, 15) is 13.5 Å². The van der Waals surface area contributed by atoms with Crippen LogP contribution in [0, 0.1) is 6.92 Å². The highest BCUT2D eigenvalue weighted by atomic mass is 32.2. The Bertz CT molecular complexity index is 1790. The first-order valence-electron chi connectivity index (χ1n) is 13.3. The molecule has 0 saturated heterocycles. The Kier molecular flexibility index (Phi) is 7.34. The molecule has 0 aliphatic rings. The quantitative estimate of drug-likeness (QED) is 0.217. The van der Waals surface area contributed by atoms with Crippen LogP contribution in [0.3, 0.4) is 0 Å². The Labute approximate surface area is 234 Å². The topological polar surface area (TPSA) is 122 Å². The summed E-state index contributed by atoms with van der Waals surface area (Å²) in [5, 5.41) is 21.0. The van der Waals surface area contributed by atoms with Gasteiger partial charge in [0.05, 0.1) is 34.4 Å². The van der Waals surface area contributed by atoms with Crippen molar-refractivity contribution in [3.8, 4) is 11.3 Å². The lowest BCUT2D eigenvalue weighted by molar-refractivity contribution is 0.0591. The Balaban J connectivity index is 1.47. The summed E-state index contributed by atoms with van der Waals surface area (Å²) in [6.07, 6.45) is 6.12. The standard InChI is InChI=1S/C30H34N6O3S/c1-6-19(2)35-40(38,39)23-9-7-22(8-10-23)34-28-15-25-21(16-32-28)13-14-31-29(25)24-11-12-27-26(20(24)3)17-33-36(27)18-30(4,5)37/h7-17,19,35,37H,6,18H2,1-5H3,(H,32,34). The van der Waals surface area contributed by atoms with Gasteiger partial charge in [0.2, 0.25) is 10.0 Å². The minimum atomic E-state index is -3.57. The smallest absolute Gasteiger partial charge is 0.240 e. The third-order valence-corrected chi connectivity index (χ3v) is 8.55. The van der Waals surface area contributed by atoms with Gasteiger partial charge >= 0.3 is 0 Å². The van der Waals surface area contributed by atoms with E-state index in [-0.39, 0.29) is 10.9 Å². The molecule has 3 aromatic heterocycles. The molecule has 0 saturated carbocycles. The molecule has 5 aromatic rings. The monoisotopic (exact) mass is 558 g/mol. The van der Waals surface area contributed by atoms with Crippen molar-refractivity contribution in [2.24, 2.45) is 0 Å². The van der Waals surface area contributed by atoms with Crippen LogP contribution in [0.4, 0.5) is 11.5 Å². The second kappa shape index (κ2) is 10.6. The van der Waals surface area contributed by atoms with Crippen molar-refractivity contribution in [2.75, 3.05) is 5.32 Å². The zero-order valence-electron chi connectivity index (χ0n) is 23.3. The molecule has 40 heavy (non-hydrogen) atoms. The number of aromatic nitrogens is 4. The van der Waals surface area contributed by atoms with E-state index < -0.39 is 15.6 Å². The number of nitrogens with one attached hydrogen (secondary N) is 2. The van der Waals surface area contributed by atoms with E-state index in [2.05, 4.69) is 27.0 Å². The second-order valence-electron chi connectivity index (χ2n) is 10.8. The van der Waals surface area contributed by atoms with E-state index in [1.165, 1.54) is 0 Å². The number of pyridine rings is 2. The van der Waals surface area contributed by atoms with Crippen LogP contribution in [0.15, 0.2) is 72.0 Å². The highest BCUT2D eigenvalue weighted by Crippen LogP contribution is 2.34. The van der Waals surface area contributed by atoms with E-state index in [4.69, 9.17) is 4.98 Å². The summed E-state index contributed by atoms with van der Waals surface area (Å²) < 4.78 is 29.7. The number of aryl methyl sites for hydroxylation is 1. The maximum Gasteiger partial charge on any atom is 0.240 e. The highest BCUT2D eigenvalue weighted by molar-refractivity contribution is 7.89. The van der Waals surface area contributed by atoms with Gasteiger partial charge in [0, 0.05) is 45.8 Å². The number of benzene rings is 2. The second-order valence-corrected chi connectivity index (χ2v) is 12.5. The van der Waals surface area contributed by atoms with Crippen molar-refractivity contribution < 1.29 is 13.5 Å². The Hall–Kier alpha value is -3.86. The predicted molar refractivity (Wildman–Crippen MR) is 159 cm³/mol. The molecule has 9 nitrogen and oxygen atoms in total. The van der Waals surface area contributed by atoms with E-state index >= 15 is 0 Å². The van der Waals surface area contributed by atoms with Crippen LogP contribution >= 0.6 is 0 Å². The molecule has 10 heteroatoms. The third-order valence-electron chi connectivity index (χ3n) is 6.94. The number of hydrogen-bond donors (Lipinski definition) is 3. The minimum absolute atomic E-state index is 0.138. The highest BCUT2D eigenvalue weighted by Gasteiger charge is 2.19. The molecule has 1 unspecified atom stereocenters. The maximum absolute atomic E-state index is 12.6. The number of aliphatic hydroxyl groups is 1. The molecule has 0 radical (unpaired) electrons. The number of rotatable bonds is 9. The molecular weight excluding hydrogens is 524 g/mol. The molecule has 1 atom stereocenters. The molecular formula is C30H34N6O3S. The van der Waals surface area contributed by atoms with Crippen LogP contribution in [-0.2, 0) is 16.6 Å². The molecule has 2 aromatic carbocycles. The fourth-order valence-electron chi connectivity index (χ4n) is 4.67. The van der Waals surface area contributed by atoms with Crippen molar-refractivity contribution in [1.29, 1.82) is 0 Å². The first-order chi connectivity index (χ1) is 18.9. The summed E-state index contributed by atoms with van der Waals surface area (Å²) in [5.41, 5.74) is 3.66. The van der Waals surface area contributed by atoms with Crippen molar-refractivity contribution in [1.82, 2.24) is 24.5 Å². The zero-order valence-corrected chi connectivity index (χ0v) is 24.1. The number of fused-ring (bicyclic) bond motifs is 2. The van der Waals surface area contributed by atoms with Crippen LogP contribution < -0.4 is 10.0 Å². The van der Waals surface area contributed by atoms with E-state index in [1.807, 2.05) is 49.0 Å². The lowest BCUT2D eigenvalue weighted by Gasteiger charge is -2.18. The van der Waals surface area contributed by atoms with Crippen LogP contribution in [0.5, 0.6) is 0 Å². The fraction of sp³-hybridized carbons (Fsp3) is 0.300. The van der Waals surface area contributed by atoms with Gasteiger partial charge in [-0.05, 0) is 82.1 Å². The molecule has 0 bridgehead atoms. The molecule has 0 fully saturated rings. The summed E-state index contributed by atoms with van der Waals surface area (Å²) in [6, 6.07) is 14.4. The molecule has 3 heterocycles. The first kappa shape index (κ1) is 27.7. The molecule has 0 spiro atoms. The van der Waals surface area contributed by atoms with Crippen LogP contribution in [0.2, 0.25) is 0 Å². The summed E-state index contributed by atoms with van der Waals surface area (Å²) in [5.74, 6) is 0.617. The van der Waals surface area contributed by atoms with Crippen molar-refractivity contribution >= 4 is 43.2 Å². The average Bonchev–Trinajstić information content (AvgIpc) is 3.30. The molecule has 0 amide bonds. The van der Waals surface area contributed by atoms with Gasteiger partial charge in [0.15, 0.2) is 0 Å². The molecule has 5 rings (SSSR count). The fourth-order valence-corrected chi connectivity index (χ4v) is 6.00. The number of hydrogen-bond acceptors (Lipinski definition) is 7. The van der Waals surface area contributed by atoms with E-state index in [0.717, 1.165) is 44.2 Å². The summed E-state index contributed by atoms with van der Waals surface area (Å²) in [7, 11) is -3.57. The van der Waals surface area contributed by atoms with Gasteiger partial charge in [-0.1, -0.05) is 13.0 Å². The van der Waals surface area contributed by atoms with Crippen molar-refractivity contribution in [3.05, 3.63) is 72.7 Å². The van der Waals surface area contributed by atoms with Crippen LogP contribution in [0.1, 0.15) is 39.7 Å². The number of sulfonamides is 1. The Morgan fingerprint density at radius 3 is 2.48 bits per heavy atom. The largest absolute Gasteiger partial charge is 0.389 e. The van der Waals surface area contributed by atoms with Gasteiger partial charge in [-0.3, -0.25) is 9.67 Å². The van der Waals surface area contributed by atoms with E-state index in [0.29, 0.717) is 18.8 Å². The Morgan fingerprint density at radius 1 is 1.02 bits per heavy atom. The average molecular weight is 559 g/mol. The molecule has 208 valence electrons. The number of anilines is 2. The van der Waals surface area contributed by atoms with Crippen molar-refractivity contribution in [3.63, 3.8) is 0 Å². The van der Waals surface area contributed by atoms with Crippen LogP contribution in [-0.4, -0.2) is 44.9 Å². The SMILES string of the molecule is CCC(C)NS(=O)(=O)c1ccc(Nc2cc3c(-c4ccc5c(cnn5CC(C)(C)O)c4C)nccc3cn2)cc1. The third kappa shape index (κ3) is 5.70. The molecule has 0 aliphatic heterocycles. The maximum atomic E-state index is 12.6. The summed E-state index contributed by atoms with van der Waals surface area (Å²) in [6.45, 7) is 9.76. The van der Waals surface area contributed by atoms with Crippen molar-refractivity contribution in [2.45, 2.75) is 64.1 Å². The zero-order chi connectivity index (χ0) is 28.7. The lowest BCUT2D eigenvalue weighted by atomic mass is 9.98. The summed E-state index contributed by atoms with van der Waals surface area (Å²) >= 11 is 0. The Morgan fingerprint density at radius 2 is 1.77 bits per heavy atom. The molecule has 3 N–H and O–H groups in total. The predicted octanol–water partition coefficient (Wildman–Crippen LogP) is 5.55. The van der Waals surface area contributed by atoms with Gasteiger partial charge in [-0.15, -0.1) is 0 Å². The van der Waals surface area contributed by atoms with Gasteiger partial charge < -0.3 is 10.4 Å². The van der Waals surface area contributed by atoms with Crippen LogP contribution in [0.25, 0.3) is 32.9 Å².